The van der Waals surface area contributed by atoms with Crippen LogP contribution in [0.1, 0.15) is 50.5 Å². The fourth-order valence-electron chi connectivity index (χ4n) is 4.14. The second kappa shape index (κ2) is 8.36. The van der Waals surface area contributed by atoms with Crippen LogP contribution >= 0.6 is 12.4 Å². The Labute approximate surface area is 146 Å². The molecule has 0 spiro atoms. The van der Waals surface area contributed by atoms with Crippen LogP contribution in [0.25, 0.3) is 0 Å². The highest BCUT2D eigenvalue weighted by Gasteiger charge is 2.39. The number of rotatable bonds is 4. The first-order chi connectivity index (χ1) is 10.7. The van der Waals surface area contributed by atoms with Gasteiger partial charge in [0.25, 0.3) is 0 Å². The summed E-state index contributed by atoms with van der Waals surface area (Å²) in [5.74, 6) is 1.46. The molecule has 0 atom stereocenters. The smallest absolute Gasteiger partial charge is 0.118 e. The third-order valence-electron chi connectivity index (χ3n) is 5.65. The van der Waals surface area contributed by atoms with Gasteiger partial charge in [0.05, 0.1) is 12.7 Å². The highest BCUT2D eigenvalue weighted by atomic mass is 35.5. The predicted octanol–water partition coefficient (Wildman–Crippen LogP) is 4.02. The molecule has 3 nitrogen and oxygen atoms in total. The van der Waals surface area contributed by atoms with Crippen LogP contribution < -0.4 is 4.74 Å². The highest BCUT2D eigenvalue weighted by molar-refractivity contribution is 5.85. The molecular formula is C19H30ClNO2. The van der Waals surface area contributed by atoms with Crippen molar-refractivity contribution in [2.45, 2.75) is 57.1 Å². The van der Waals surface area contributed by atoms with Gasteiger partial charge in [0, 0.05) is 19.6 Å². The molecule has 2 aliphatic rings. The molecule has 1 N–H and O–H groups in total. The number of methoxy groups -OCH3 is 1. The fraction of sp³-hybridized carbons (Fsp3) is 0.684. The van der Waals surface area contributed by atoms with Crippen molar-refractivity contribution in [3.05, 3.63) is 29.8 Å². The largest absolute Gasteiger partial charge is 0.497 e. The SMILES string of the molecule is COc1ccc(CN2CCC(O)(C3CCCCC3)CC2)cc1.Cl. The van der Waals surface area contributed by atoms with Gasteiger partial charge in [-0.25, -0.2) is 0 Å². The maximum Gasteiger partial charge on any atom is 0.118 e. The van der Waals surface area contributed by atoms with Crippen molar-refractivity contribution in [2.75, 3.05) is 20.2 Å². The molecule has 1 heterocycles. The number of benzene rings is 1. The molecule has 4 heteroatoms. The van der Waals surface area contributed by atoms with Crippen molar-refractivity contribution in [3.8, 4) is 5.75 Å². The van der Waals surface area contributed by atoms with Gasteiger partial charge >= 0.3 is 0 Å². The van der Waals surface area contributed by atoms with E-state index in [0.717, 1.165) is 38.2 Å². The third-order valence-corrected chi connectivity index (χ3v) is 5.65. The Morgan fingerprint density at radius 1 is 1.09 bits per heavy atom. The second-order valence-electron chi connectivity index (χ2n) is 7.06. The molecule has 1 aromatic carbocycles. The summed E-state index contributed by atoms with van der Waals surface area (Å²) < 4.78 is 5.21. The molecule has 0 bridgehead atoms. The van der Waals surface area contributed by atoms with Gasteiger partial charge < -0.3 is 9.84 Å². The summed E-state index contributed by atoms with van der Waals surface area (Å²) in [7, 11) is 1.70. The zero-order valence-corrected chi connectivity index (χ0v) is 15.0. The molecule has 1 saturated heterocycles. The molecule has 0 amide bonds. The first-order valence-corrected chi connectivity index (χ1v) is 8.77. The van der Waals surface area contributed by atoms with Gasteiger partial charge in [-0.3, -0.25) is 4.90 Å². The summed E-state index contributed by atoms with van der Waals surface area (Å²) in [6.45, 7) is 3.00. The maximum absolute atomic E-state index is 11.0. The lowest BCUT2D eigenvalue weighted by molar-refractivity contribution is -0.0785. The lowest BCUT2D eigenvalue weighted by atomic mass is 9.72. The van der Waals surface area contributed by atoms with E-state index < -0.39 is 5.60 Å². The Balaban J connectivity index is 0.00000192. The number of aliphatic hydroxyl groups is 1. The van der Waals surface area contributed by atoms with Crippen LogP contribution in [0, 0.1) is 5.92 Å². The van der Waals surface area contributed by atoms with Crippen LogP contribution in [0.2, 0.25) is 0 Å². The fourth-order valence-corrected chi connectivity index (χ4v) is 4.14. The standard InChI is InChI=1S/C19H29NO2.ClH/c1-22-18-9-7-16(8-10-18)15-20-13-11-19(21,12-14-20)17-5-3-2-4-6-17;/h7-10,17,21H,2-6,11-15H2,1H3;1H. The van der Waals surface area contributed by atoms with E-state index in [0.29, 0.717) is 5.92 Å². The zero-order chi connectivity index (χ0) is 15.4. The van der Waals surface area contributed by atoms with Gasteiger partial charge in [-0.1, -0.05) is 31.4 Å². The molecular weight excluding hydrogens is 310 g/mol. The lowest BCUT2D eigenvalue weighted by Crippen LogP contribution is -2.49. The molecule has 0 aromatic heterocycles. The quantitative estimate of drug-likeness (QED) is 0.899. The number of halogens is 1. The Morgan fingerprint density at radius 3 is 2.26 bits per heavy atom. The van der Waals surface area contributed by atoms with Crippen molar-refractivity contribution in [2.24, 2.45) is 5.92 Å². The van der Waals surface area contributed by atoms with E-state index in [4.69, 9.17) is 4.74 Å². The molecule has 1 saturated carbocycles. The van der Waals surface area contributed by atoms with Crippen LogP contribution in [0.5, 0.6) is 5.75 Å². The van der Waals surface area contributed by atoms with E-state index in [1.807, 2.05) is 12.1 Å². The van der Waals surface area contributed by atoms with Crippen LogP contribution in [0.3, 0.4) is 0 Å². The molecule has 130 valence electrons. The van der Waals surface area contributed by atoms with Crippen molar-refractivity contribution in [1.82, 2.24) is 4.90 Å². The third kappa shape index (κ3) is 4.62. The zero-order valence-electron chi connectivity index (χ0n) is 14.2. The number of piperidine rings is 1. The van der Waals surface area contributed by atoms with Gasteiger partial charge in [0.1, 0.15) is 5.75 Å². The number of ether oxygens (including phenoxy) is 1. The van der Waals surface area contributed by atoms with E-state index in [2.05, 4.69) is 17.0 Å². The molecule has 1 aliphatic carbocycles. The molecule has 2 fully saturated rings. The number of hydrogen-bond acceptors (Lipinski definition) is 3. The Hall–Kier alpha value is -0.770. The summed E-state index contributed by atoms with van der Waals surface area (Å²) in [4.78, 5) is 2.47. The summed E-state index contributed by atoms with van der Waals surface area (Å²) >= 11 is 0. The van der Waals surface area contributed by atoms with Crippen LogP contribution in [-0.2, 0) is 6.54 Å². The number of likely N-dealkylation sites (tertiary alicyclic amines) is 1. The average molecular weight is 340 g/mol. The summed E-state index contributed by atoms with van der Waals surface area (Å²) in [6.07, 6.45) is 8.31. The topological polar surface area (TPSA) is 32.7 Å². The predicted molar refractivity (Wildman–Crippen MR) is 96.3 cm³/mol. The summed E-state index contributed by atoms with van der Waals surface area (Å²) in [5, 5.41) is 11.0. The summed E-state index contributed by atoms with van der Waals surface area (Å²) in [5.41, 5.74) is 0.931. The van der Waals surface area contributed by atoms with Crippen molar-refractivity contribution in [1.29, 1.82) is 0 Å². The summed E-state index contributed by atoms with van der Waals surface area (Å²) in [6, 6.07) is 8.33. The van der Waals surface area contributed by atoms with Crippen LogP contribution in [0.15, 0.2) is 24.3 Å². The lowest BCUT2D eigenvalue weighted by Gasteiger charge is -2.44. The van der Waals surface area contributed by atoms with Crippen molar-refractivity contribution < 1.29 is 9.84 Å². The Bertz CT molecular complexity index is 463. The minimum atomic E-state index is -0.392. The van der Waals surface area contributed by atoms with Gasteiger partial charge in [-0.2, -0.15) is 0 Å². The average Bonchev–Trinajstić information content (AvgIpc) is 2.59. The molecule has 0 radical (unpaired) electrons. The Kier molecular flexibility index (Phi) is 6.75. The van der Waals surface area contributed by atoms with Gasteiger partial charge in [0.15, 0.2) is 0 Å². The number of nitrogens with zero attached hydrogens (tertiary/aromatic N) is 1. The first kappa shape index (κ1) is 18.6. The van der Waals surface area contributed by atoms with Gasteiger partial charge in [-0.05, 0) is 49.3 Å². The molecule has 3 rings (SSSR count). The van der Waals surface area contributed by atoms with E-state index in [1.54, 1.807) is 7.11 Å². The van der Waals surface area contributed by atoms with Gasteiger partial charge in [0.2, 0.25) is 0 Å². The molecule has 1 aromatic rings. The molecule has 1 aliphatic heterocycles. The van der Waals surface area contributed by atoms with Crippen LogP contribution in [-0.4, -0.2) is 35.8 Å². The van der Waals surface area contributed by atoms with E-state index in [-0.39, 0.29) is 12.4 Å². The van der Waals surface area contributed by atoms with E-state index in [9.17, 15) is 5.11 Å². The highest BCUT2D eigenvalue weighted by Crippen LogP contribution is 2.39. The number of hydrogen-bond donors (Lipinski definition) is 1. The van der Waals surface area contributed by atoms with E-state index in [1.165, 1.54) is 37.7 Å². The van der Waals surface area contributed by atoms with E-state index >= 15 is 0 Å². The Morgan fingerprint density at radius 2 is 1.70 bits per heavy atom. The molecule has 23 heavy (non-hydrogen) atoms. The first-order valence-electron chi connectivity index (χ1n) is 8.77. The van der Waals surface area contributed by atoms with Crippen molar-refractivity contribution in [3.63, 3.8) is 0 Å². The normalized spacial score (nSPS) is 22.3. The minimum absolute atomic E-state index is 0. The van der Waals surface area contributed by atoms with Crippen molar-refractivity contribution >= 4 is 12.4 Å². The maximum atomic E-state index is 11.0. The molecule has 0 unspecified atom stereocenters. The van der Waals surface area contributed by atoms with Crippen LogP contribution in [0.4, 0.5) is 0 Å². The second-order valence-corrected chi connectivity index (χ2v) is 7.06. The monoisotopic (exact) mass is 339 g/mol. The minimum Gasteiger partial charge on any atom is -0.497 e. The van der Waals surface area contributed by atoms with Gasteiger partial charge in [-0.15, -0.1) is 12.4 Å².